The normalized spacial score (nSPS) is 10.2. The molecule has 3 aromatic rings. The van der Waals surface area contributed by atoms with E-state index in [1.165, 1.54) is 0 Å². The molecule has 0 saturated heterocycles. The van der Waals surface area contributed by atoms with Crippen molar-refractivity contribution in [3.05, 3.63) is 71.9 Å². The lowest BCUT2D eigenvalue weighted by Gasteiger charge is -2.08. The van der Waals surface area contributed by atoms with Crippen LogP contribution in [0.3, 0.4) is 0 Å². The second kappa shape index (κ2) is 9.36. The molecule has 28 heavy (non-hydrogen) atoms. The average molecular weight is 378 g/mol. The molecule has 0 aliphatic heterocycles. The number of rotatable bonds is 8. The summed E-state index contributed by atoms with van der Waals surface area (Å²) < 4.78 is 10.4. The standard InChI is InChI=1S/C21H22N4O3/c1-27-17-7-3-5-15(13-17)11-12-22-20-10-9-19(24-25-20)21(26)23-16-6-4-8-18(14-16)28-2/h3-10,13-14H,11-12H2,1-2H3,(H,22,25)(H,23,26). The minimum Gasteiger partial charge on any atom is -0.497 e. The number of benzene rings is 2. The summed E-state index contributed by atoms with van der Waals surface area (Å²) >= 11 is 0. The van der Waals surface area contributed by atoms with Crippen LogP contribution < -0.4 is 20.1 Å². The van der Waals surface area contributed by atoms with Crippen LogP contribution in [0.4, 0.5) is 11.5 Å². The number of methoxy groups -OCH3 is 2. The molecule has 0 aliphatic carbocycles. The second-order valence-electron chi connectivity index (χ2n) is 6.02. The Morgan fingerprint density at radius 2 is 1.68 bits per heavy atom. The molecule has 144 valence electrons. The minimum absolute atomic E-state index is 0.237. The van der Waals surface area contributed by atoms with E-state index in [2.05, 4.69) is 20.8 Å². The monoisotopic (exact) mass is 378 g/mol. The SMILES string of the molecule is COc1cccc(CCNc2ccc(C(=O)Nc3cccc(OC)c3)nn2)c1. The molecule has 0 aliphatic rings. The molecule has 1 heterocycles. The van der Waals surface area contributed by atoms with E-state index in [4.69, 9.17) is 9.47 Å². The highest BCUT2D eigenvalue weighted by atomic mass is 16.5. The number of carbonyl (C=O) groups excluding carboxylic acids is 1. The predicted molar refractivity (Wildman–Crippen MR) is 108 cm³/mol. The Morgan fingerprint density at radius 3 is 2.39 bits per heavy atom. The average Bonchev–Trinajstić information content (AvgIpc) is 2.74. The Labute approximate surface area is 163 Å². The van der Waals surface area contributed by atoms with E-state index in [0.29, 0.717) is 23.8 Å². The summed E-state index contributed by atoms with van der Waals surface area (Å²) in [5, 5.41) is 14.0. The third kappa shape index (κ3) is 5.20. The molecule has 0 bridgehead atoms. The Balaban J connectivity index is 1.53. The van der Waals surface area contributed by atoms with Crippen LogP contribution in [0.5, 0.6) is 11.5 Å². The topological polar surface area (TPSA) is 85.4 Å². The van der Waals surface area contributed by atoms with Crippen molar-refractivity contribution in [3.8, 4) is 11.5 Å². The van der Waals surface area contributed by atoms with Gasteiger partial charge in [-0.15, -0.1) is 10.2 Å². The maximum absolute atomic E-state index is 12.3. The van der Waals surface area contributed by atoms with Crippen LogP contribution in [0.2, 0.25) is 0 Å². The molecule has 0 unspecified atom stereocenters. The number of hydrogen-bond acceptors (Lipinski definition) is 6. The van der Waals surface area contributed by atoms with Gasteiger partial charge in [-0.1, -0.05) is 18.2 Å². The first kappa shape index (κ1) is 19.2. The summed E-state index contributed by atoms with van der Waals surface area (Å²) in [5.74, 6) is 1.78. The van der Waals surface area contributed by atoms with Gasteiger partial charge in [0.15, 0.2) is 5.69 Å². The summed E-state index contributed by atoms with van der Waals surface area (Å²) in [7, 11) is 3.23. The minimum atomic E-state index is -0.330. The zero-order valence-electron chi connectivity index (χ0n) is 15.8. The van der Waals surface area contributed by atoms with Crippen LogP contribution in [0.1, 0.15) is 16.1 Å². The van der Waals surface area contributed by atoms with Crippen molar-refractivity contribution < 1.29 is 14.3 Å². The molecule has 0 atom stereocenters. The van der Waals surface area contributed by atoms with Crippen molar-refractivity contribution in [1.82, 2.24) is 10.2 Å². The quantitative estimate of drug-likeness (QED) is 0.625. The summed E-state index contributed by atoms with van der Waals surface area (Å²) in [5.41, 5.74) is 2.03. The number of anilines is 2. The molecule has 2 N–H and O–H groups in total. The molecule has 1 aromatic heterocycles. The number of carbonyl (C=O) groups is 1. The van der Waals surface area contributed by atoms with Gasteiger partial charge in [0.1, 0.15) is 17.3 Å². The second-order valence-corrected chi connectivity index (χ2v) is 6.02. The van der Waals surface area contributed by atoms with E-state index in [-0.39, 0.29) is 11.6 Å². The first-order chi connectivity index (χ1) is 13.7. The Kier molecular flexibility index (Phi) is 6.41. The van der Waals surface area contributed by atoms with E-state index in [9.17, 15) is 4.79 Å². The first-order valence-electron chi connectivity index (χ1n) is 8.84. The number of nitrogens with one attached hydrogen (secondary N) is 2. The van der Waals surface area contributed by atoms with Crippen molar-refractivity contribution in [2.24, 2.45) is 0 Å². The third-order valence-electron chi connectivity index (χ3n) is 4.08. The van der Waals surface area contributed by atoms with Gasteiger partial charge in [-0.25, -0.2) is 0 Å². The van der Waals surface area contributed by atoms with Gasteiger partial charge in [-0.2, -0.15) is 0 Å². The summed E-state index contributed by atoms with van der Waals surface area (Å²) in [6.07, 6.45) is 0.816. The van der Waals surface area contributed by atoms with Gasteiger partial charge >= 0.3 is 0 Å². The number of aromatic nitrogens is 2. The van der Waals surface area contributed by atoms with Crippen LogP contribution in [0.25, 0.3) is 0 Å². The molecule has 0 spiro atoms. The fraction of sp³-hybridized carbons (Fsp3) is 0.190. The molecule has 0 fully saturated rings. The molecule has 1 amide bonds. The van der Waals surface area contributed by atoms with E-state index in [1.54, 1.807) is 50.6 Å². The molecule has 2 aromatic carbocycles. The van der Waals surface area contributed by atoms with E-state index in [0.717, 1.165) is 17.7 Å². The van der Waals surface area contributed by atoms with E-state index < -0.39 is 0 Å². The maximum atomic E-state index is 12.3. The van der Waals surface area contributed by atoms with Crippen LogP contribution in [-0.2, 0) is 6.42 Å². The van der Waals surface area contributed by atoms with Gasteiger partial charge in [-0.3, -0.25) is 4.79 Å². The largest absolute Gasteiger partial charge is 0.497 e. The number of ether oxygens (including phenoxy) is 2. The van der Waals surface area contributed by atoms with E-state index >= 15 is 0 Å². The summed E-state index contributed by atoms with van der Waals surface area (Å²) in [6.45, 7) is 0.692. The molecular weight excluding hydrogens is 356 g/mol. The van der Waals surface area contributed by atoms with Crippen molar-refractivity contribution >= 4 is 17.4 Å². The van der Waals surface area contributed by atoms with Crippen LogP contribution >= 0.6 is 0 Å². The summed E-state index contributed by atoms with van der Waals surface area (Å²) in [4.78, 5) is 12.3. The molecule has 7 nitrogen and oxygen atoms in total. The van der Waals surface area contributed by atoms with Gasteiger partial charge in [0, 0.05) is 18.3 Å². The fourth-order valence-corrected chi connectivity index (χ4v) is 2.61. The van der Waals surface area contributed by atoms with Gasteiger partial charge in [0.2, 0.25) is 0 Å². The van der Waals surface area contributed by atoms with Gasteiger partial charge < -0.3 is 20.1 Å². The van der Waals surface area contributed by atoms with Crippen molar-refractivity contribution in [2.45, 2.75) is 6.42 Å². The van der Waals surface area contributed by atoms with Gasteiger partial charge in [0.25, 0.3) is 5.91 Å². The lowest BCUT2D eigenvalue weighted by atomic mass is 10.1. The van der Waals surface area contributed by atoms with Crippen molar-refractivity contribution in [1.29, 1.82) is 0 Å². The Morgan fingerprint density at radius 1 is 0.929 bits per heavy atom. The molecule has 0 radical (unpaired) electrons. The molecule has 7 heteroatoms. The number of amides is 1. The predicted octanol–water partition coefficient (Wildman–Crippen LogP) is 3.40. The number of hydrogen-bond donors (Lipinski definition) is 2. The van der Waals surface area contributed by atoms with Crippen LogP contribution in [0.15, 0.2) is 60.7 Å². The van der Waals surface area contributed by atoms with Crippen LogP contribution in [0, 0.1) is 0 Å². The molecule has 3 rings (SSSR count). The van der Waals surface area contributed by atoms with Crippen LogP contribution in [-0.4, -0.2) is 36.9 Å². The lowest BCUT2D eigenvalue weighted by Crippen LogP contribution is -2.15. The highest BCUT2D eigenvalue weighted by molar-refractivity contribution is 6.02. The van der Waals surface area contributed by atoms with Gasteiger partial charge in [-0.05, 0) is 48.4 Å². The van der Waals surface area contributed by atoms with E-state index in [1.807, 2.05) is 24.3 Å². The Hall–Kier alpha value is -3.61. The maximum Gasteiger partial charge on any atom is 0.276 e. The highest BCUT2D eigenvalue weighted by Gasteiger charge is 2.09. The zero-order chi connectivity index (χ0) is 19.8. The lowest BCUT2D eigenvalue weighted by molar-refractivity contribution is 0.102. The summed E-state index contributed by atoms with van der Waals surface area (Å²) in [6, 6.07) is 18.4. The van der Waals surface area contributed by atoms with Crippen molar-refractivity contribution in [3.63, 3.8) is 0 Å². The zero-order valence-corrected chi connectivity index (χ0v) is 15.8. The van der Waals surface area contributed by atoms with Crippen molar-refractivity contribution in [2.75, 3.05) is 31.4 Å². The Bertz CT molecular complexity index is 929. The molecule has 0 saturated carbocycles. The number of nitrogens with zero attached hydrogens (tertiary/aromatic N) is 2. The highest BCUT2D eigenvalue weighted by Crippen LogP contribution is 2.17. The fourth-order valence-electron chi connectivity index (χ4n) is 2.61. The van der Waals surface area contributed by atoms with Gasteiger partial charge in [0.05, 0.1) is 14.2 Å². The first-order valence-corrected chi connectivity index (χ1v) is 8.84. The smallest absolute Gasteiger partial charge is 0.276 e. The third-order valence-corrected chi connectivity index (χ3v) is 4.08. The molecular formula is C21H22N4O3.